The molecule has 0 radical (unpaired) electrons. The Kier molecular flexibility index (Phi) is 3.53. The van der Waals surface area contributed by atoms with Gasteiger partial charge in [0.2, 0.25) is 0 Å². The van der Waals surface area contributed by atoms with Crippen LogP contribution in [-0.2, 0) is 6.54 Å². The highest BCUT2D eigenvalue weighted by Crippen LogP contribution is 2.10. The second-order valence-corrected chi connectivity index (χ2v) is 4.73. The number of fused-ring (bicyclic) bond motifs is 1. The Bertz CT molecular complexity index is 792. The quantitative estimate of drug-likeness (QED) is 0.891. The molecular formula is C15H13F2N3O. The van der Waals surface area contributed by atoms with Gasteiger partial charge in [0.05, 0.1) is 18.1 Å². The monoisotopic (exact) mass is 289 g/mol. The first kappa shape index (κ1) is 13.5. The molecule has 2 N–H and O–H groups in total. The fourth-order valence-corrected chi connectivity index (χ4v) is 2.09. The van der Waals surface area contributed by atoms with E-state index >= 15 is 0 Å². The number of rotatable bonds is 3. The average Bonchev–Trinajstić information content (AvgIpc) is 2.48. The summed E-state index contributed by atoms with van der Waals surface area (Å²) in [4.78, 5) is 4.35. The lowest BCUT2D eigenvalue weighted by atomic mass is 10.2. The first-order chi connectivity index (χ1) is 10.1. The molecule has 0 saturated heterocycles. The first-order valence-electron chi connectivity index (χ1n) is 6.44. The Morgan fingerprint density at radius 2 is 2.05 bits per heavy atom. The topological polar surface area (TPSA) is 48.4 Å². The highest BCUT2D eigenvalue weighted by Gasteiger charge is 2.04. The molecule has 2 heterocycles. The van der Waals surface area contributed by atoms with Crippen molar-refractivity contribution in [3.63, 3.8) is 0 Å². The summed E-state index contributed by atoms with van der Waals surface area (Å²) in [5.41, 5.74) is 0.618. The minimum atomic E-state index is -0.869. The summed E-state index contributed by atoms with van der Waals surface area (Å²) >= 11 is 0. The predicted molar refractivity (Wildman–Crippen MR) is 74.6 cm³/mol. The van der Waals surface area contributed by atoms with Gasteiger partial charge in [0, 0.05) is 6.54 Å². The highest BCUT2D eigenvalue weighted by molar-refractivity contribution is 5.41. The van der Waals surface area contributed by atoms with E-state index in [2.05, 4.69) is 10.3 Å². The largest absolute Gasteiger partial charge is 0.366 e. The molecule has 0 atom stereocenters. The molecule has 0 spiro atoms. The third kappa shape index (κ3) is 3.00. The molecule has 1 aromatic heterocycles. The van der Waals surface area contributed by atoms with Crippen molar-refractivity contribution in [2.75, 3.05) is 11.9 Å². The fraction of sp³-hybridized carbons (Fsp3) is 0.133. The van der Waals surface area contributed by atoms with Gasteiger partial charge in [-0.25, -0.2) is 13.8 Å². The van der Waals surface area contributed by atoms with Crippen LogP contribution in [0.4, 0.5) is 14.6 Å². The second kappa shape index (κ2) is 5.49. The van der Waals surface area contributed by atoms with Gasteiger partial charge in [-0.05, 0) is 35.0 Å². The van der Waals surface area contributed by atoms with Gasteiger partial charge in [-0.2, -0.15) is 0 Å². The minimum Gasteiger partial charge on any atom is -0.366 e. The average molecular weight is 289 g/mol. The van der Waals surface area contributed by atoms with E-state index in [9.17, 15) is 14.0 Å². The van der Waals surface area contributed by atoms with Crippen LogP contribution in [0.15, 0.2) is 30.3 Å². The van der Waals surface area contributed by atoms with Crippen LogP contribution in [0.1, 0.15) is 5.56 Å². The Morgan fingerprint density at radius 3 is 2.86 bits per heavy atom. The molecule has 2 aromatic rings. The molecule has 1 aliphatic heterocycles. The molecule has 1 aromatic carbocycles. The van der Waals surface area contributed by atoms with Gasteiger partial charge in [0.25, 0.3) is 0 Å². The van der Waals surface area contributed by atoms with Gasteiger partial charge in [0.15, 0.2) is 11.6 Å². The summed E-state index contributed by atoms with van der Waals surface area (Å²) in [6.07, 6.45) is 3.40. The minimum absolute atomic E-state index is 0.329. The number of hydrogen-bond acceptors (Lipinski definition) is 4. The van der Waals surface area contributed by atoms with Gasteiger partial charge >= 0.3 is 0 Å². The number of hydrogen-bond donors (Lipinski definition) is 2. The normalized spacial score (nSPS) is 13.2. The number of halogens is 2. The van der Waals surface area contributed by atoms with Crippen molar-refractivity contribution in [2.24, 2.45) is 0 Å². The standard InChI is InChI=1S/C15H13F2N3O/c16-12-3-1-10(7-13(12)17)8-18-15-4-2-11-5-6-20(21)9-14(11)19-15/h1-5,7,9,21H,6,8H2,(H,18,19). The summed E-state index contributed by atoms with van der Waals surface area (Å²) in [5.74, 6) is -1.14. The summed E-state index contributed by atoms with van der Waals surface area (Å²) in [6, 6.07) is 7.45. The molecule has 6 heteroatoms. The molecule has 4 nitrogen and oxygen atoms in total. The zero-order valence-corrected chi connectivity index (χ0v) is 11.1. The second-order valence-electron chi connectivity index (χ2n) is 4.73. The van der Waals surface area contributed by atoms with Gasteiger partial charge < -0.3 is 5.32 Å². The summed E-state index contributed by atoms with van der Waals surface area (Å²) in [5, 5.41) is 15.1. The molecule has 108 valence electrons. The van der Waals surface area contributed by atoms with E-state index in [-0.39, 0.29) is 0 Å². The number of nitrogens with one attached hydrogen (secondary N) is 1. The van der Waals surface area contributed by atoms with Crippen molar-refractivity contribution >= 4 is 18.1 Å². The number of anilines is 1. The van der Waals surface area contributed by atoms with E-state index in [1.807, 2.05) is 12.1 Å². The Morgan fingerprint density at radius 1 is 1.19 bits per heavy atom. The Balaban J connectivity index is 1.78. The van der Waals surface area contributed by atoms with E-state index in [4.69, 9.17) is 0 Å². The van der Waals surface area contributed by atoms with Crippen LogP contribution >= 0.6 is 0 Å². The predicted octanol–water partition coefficient (Wildman–Crippen LogP) is 1.20. The molecule has 0 fully saturated rings. The molecule has 1 aliphatic rings. The third-order valence-corrected chi connectivity index (χ3v) is 3.18. The van der Waals surface area contributed by atoms with Crippen LogP contribution in [0.5, 0.6) is 0 Å². The molecule has 0 saturated carbocycles. The maximum absolute atomic E-state index is 13.1. The molecule has 0 bridgehead atoms. The first-order valence-corrected chi connectivity index (χ1v) is 6.44. The number of benzene rings is 1. The van der Waals surface area contributed by atoms with Crippen LogP contribution in [0, 0.1) is 11.6 Å². The van der Waals surface area contributed by atoms with E-state index in [1.165, 1.54) is 12.3 Å². The van der Waals surface area contributed by atoms with Crippen LogP contribution in [0.3, 0.4) is 0 Å². The van der Waals surface area contributed by atoms with E-state index < -0.39 is 11.6 Å². The number of hydroxylamine groups is 2. The van der Waals surface area contributed by atoms with Crippen LogP contribution in [0.25, 0.3) is 12.3 Å². The smallest absolute Gasteiger partial charge is 0.159 e. The number of nitrogens with zero attached hydrogens (tertiary/aromatic N) is 2. The van der Waals surface area contributed by atoms with Crippen LogP contribution in [0.2, 0.25) is 0 Å². The van der Waals surface area contributed by atoms with Gasteiger partial charge in [-0.15, -0.1) is 0 Å². The van der Waals surface area contributed by atoms with Gasteiger partial charge in [0.1, 0.15) is 5.82 Å². The number of pyridine rings is 1. The summed E-state index contributed by atoms with van der Waals surface area (Å²) < 4.78 is 26.0. The maximum Gasteiger partial charge on any atom is 0.159 e. The zero-order chi connectivity index (χ0) is 14.8. The van der Waals surface area contributed by atoms with Crippen molar-refractivity contribution in [1.29, 1.82) is 0 Å². The van der Waals surface area contributed by atoms with Crippen LogP contribution in [-0.4, -0.2) is 21.8 Å². The van der Waals surface area contributed by atoms with Crippen molar-refractivity contribution in [3.05, 3.63) is 58.1 Å². The highest BCUT2D eigenvalue weighted by atomic mass is 19.2. The van der Waals surface area contributed by atoms with Crippen molar-refractivity contribution in [2.45, 2.75) is 6.54 Å². The maximum atomic E-state index is 13.1. The van der Waals surface area contributed by atoms with Crippen LogP contribution < -0.4 is 15.9 Å². The SMILES string of the molecule is ON1C=c2nc(NCc3ccc(F)c(F)c3)ccc2=CC1. The fourth-order valence-electron chi connectivity index (χ4n) is 2.09. The Labute approximate surface area is 119 Å². The third-order valence-electron chi connectivity index (χ3n) is 3.18. The molecule has 21 heavy (non-hydrogen) atoms. The van der Waals surface area contributed by atoms with E-state index in [0.29, 0.717) is 29.8 Å². The van der Waals surface area contributed by atoms with Crippen molar-refractivity contribution in [1.82, 2.24) is 10.0 Å². The molecule has 3 rings (SSSR count). The summed E-state index contributed by atoms with van der Waals surface area (Å²) in [7, 11) is 0. The van der Waals surface area contributed by atoms with Gasteiger partial charge in [-0.1, -0.05) is 12.1 Å². The lowest BCUT2D eigenvalue weighted by Crippen LogP contribution is -2.36. The lowest BCUT2D eigenvalue weighted by molar-refractivity contribution is -0.00647. The van der Waals surface area contributed by atoms with Crippen molar-refractivity contribution in [3.8, 4) is 0 Å². The molecule has 0 unspecified atom stereocenters. The lowest BCUT2D eigenvalue weighted by Gasteiger charge is -2.13. The molecule has 0 aliphatic carbocycles. The van der Waals surface area contributed by atoms with E-state index in [0.717, 1.165) is 22.4 Å². The molecule has 0 amide bonds. The van der Waals surface area contributed by atoms with E-state index in [1.54, 1.807) is 6.07 Å². The zero-order valence-electron chi connectivity index (χ0n) is 11.1. The van der Waals surface area contributed by atoms with Crippen molar-refractivity contribution < 1.29 is 14.0 Å². The summed E-state index contributed by atoms with van der Waals surface area (Å²) in [6.45, 7) is 0.756. The number of aromatic nitrogens is 1. The molecular weight excluding hydrogens is 276 g/mol. The van der Waals surface area contributed by atoms with Gasteiger partial charge in [-0.3, -0.25) is 10.3 Å². The Hall–Kier alpha value is -2.47.